The van der Waals surface area contributed by atoms with Crippen LogP contribution in [0.15, 0.2) is 18.2 Å². The predicted molar refractivity (Wildman–Crippen MR) is 83.1 cm³/mol. The number of carbonyl (C=O) groups excluding carboxylic acids is 2. The van der Waals surface area contributed by atoms with Crippen molar-refractivity contribution in [1.29, 1.82) is 0 Å². The summed E-state index contributed by atoms with van der Waals surface area (Å²) in [6.45, 7) is 0.507. The lowest BCUT2D eigenvalue weighted by atomic mass is 9.78. The molecule has 2 atom stereocenters. The molecule has 0 radical (unpaired) electrons. The lowest BCUT2D eigenvalue weighted by molar-refractivity contribution is -0.122. The van der Waals surface area contributed by atoms with E-state index in [-0.39, 0.29) is 17.7 Å². The Hall–Kier alpha value is -1.59. The second-order valence-corrected chi connectivity index (χ2v) is 5.84. The molecule has 2 unspecified atom stereocenters. The lowest BCUT2D eigenvalue weighted by Crippen LogP contribution is -2.35. The Bertz CT molecular complexity index is 548. The fourth-order valence-corrected chi connectivity index (χ4v) is 3.00. The van der Waals surface area contributed by atoms with Gasteiger partial charge in [-0.15, -0.1) is 0 Å². The predicted octanol–water partition coefficient (Wildman–Crippen LogP) is 2.14. The van der Waals surface area contributed by atoms with Crippen LogP contribution in [-0.4, -0.2) is 18.4 Å². The summed E-state index contributed by atoms with van der Waals surface area (Å²) in [5.41, 5.74) is 11.7. The fourth-order valence-electron chi connectivity index (χ4n) is 2.83. The first-order chi connectivity index (χ1) is 10.0. The van der Waals surface area contributed by atoms with Crippen LogP contribution in [0.25, 0.3) is 0 Å². The molecule has 0 aromatic heterocycles. The van der Waals surface area contributed by atoms with Gasteiger partial charge in [0.25, 0.3) is 0 Å². The van der Waals surface area contributed by atoms with Gasteiger partial charge in [0, 0.05) is 11.5 Å². The molecule has 21 heavy (non-hydrogen) atoms. The van der Waals surface area contributed by atoms with Crippen LogP contribution in [0.2, 0.25) is 5.02 Å². The molecule has 1 aromatic rings. The van der Waals surface area contributed by atoms with Gasteiger partial charge in [0.2, 0.25) is 11.8 Å². The Balaban J connectivity index is 2.15. The van der Waals surface area contributed by atoms with Crippen LogP contribution in [0, 0.1) is 11.8 Å². The Morgan fingerprint density at radius 1 is 1.29 bits per heavy atom. The fraction of sp³-hybridized carbons (Fsp3) is 0.467. The van der Waals surface area contributed by atoms with E-state index in [0.29, 0.717) is 22.8 Å². The van der Waals surface area contributed by atoms with Crippen LogP contribution in [-0.2, 0) is 4.79 Å². The van der Waals surface area contributed by atoms with E-state index in [9.17, 15) is 9.59 Å². The van der Waals surface area contributed by atoms with E-state index < -0.39 is 5.91 Å². The molecule has 0 heterocycles. The van der Waals surface area contributed by atoms with Crippen molar-refractivity contribution in [1.82, 2.24) is 0 Å². The van der Waals surface area contributed by atoms with Crippen molar-refractivity contribution in [2.45, 2.75) is 25.7 Å². The maximum atomic E-state index is 12.4. The maximum absolute atomic E-state index is 12.4. The van der Waals surface area contributed by atoms with E-state index in [2.05, 4.69) is 5.32 Å². The summed E-state index contributed by atoms with van der Waals surface area (Å²) in [6, 6.07) is 4.59. The van der Waals surface area contributed by atoms with Gasteiger partial charge in [-0.25, -0.2) is 0 Å². The van der Waals surface area contributed by atoms with Crippen LogP contribution in [0.4, 0.5) is 5.69 Å². The lowest BCUT2D eigenvalue weighted by Gasteiger charge is -2.29. The number of rotatable bonds is 4. The normalized spacial score (nSPS) is 21.8. The van der Waals surface area contributed by atoms with Gasteiger partial charge in [-0.3, -0.25) is 9.59 Å². The first-order valence-corrected chi connectivity index (χ1v) is 7.51. The Kier molecular flexibility index (Phi) is 5.20. The molecule has 114 valence electrons. The average molecular weight is 310 g/mol. The molecule has 0 aliphatic heterocycles. The number of hydrogen-bond acceptors (Lipinski definition) is 3. The zero-order chi connectivity index (χ0) is 15.4. The van der Waals surface area contributed by atoms with Gasteiger partial charge in [-0.2, -0.15) is 0 Å². The SMILES string of the molecule is NCC1CCCCC1C(=O)Nc1cc(C(N)=O)ccc1Cl. The van der Waals surface area contributed by atoms with Crippen molar-refractivity contribution in [3.8, 4) is 0 Å². The van der Waals surface area contributed by atoms with Crippen molar-refractivity contribution in [2.75, 3.05) is 11.9 Å². The van der Waals surface area contributed by atoms with Crippen molar-refractivity contribution < 1.29 is 9.59 Å². The highest BCUT2D eigenvalue weighted by Crippen LogP contribution is 2.31. The molecule has 2 amide bonds. The first-order valence-electron chi connectivity index (χ1n) is 7.13. The van der Waals surface area contributed by atoms with Gasteiger partial charge >= 0.3 is 0 Å². The monoisotopic (exact) mass is 309 g/mol. The molecule has 1 saturated carbocycles. The van der Waals surface area contributed by atoms with Crippen molar-refractivity contribution in [3.05, 3.63) is 28.8 Å². The van der Waals surface area contributed by atoms with E-state index >= 15 is 0 Å². The second kappa shape index (κ2) is 6.91. The summed E-state index contributed by atoms with van der Waals surface area (Å²) >= 11 is 6.06. The van der Waals surface area contributed by atoms with Crippen molar-refractivity contribution >= 4 is 29.1 Å². The summed E-state index contributed by atoms with van der Waals surface area (Å²) in [5.74, 6) is -0.540. The van der Waals surface area contributed by atoms with Crippen LogP contribution in [0.3, 0.4) is 0 Å². The molecule has 6 heteroatoms. The molecule has 0 bridgehead atoms. The maximum Gasteiger partial charge on any atom is 0.248 e. The van der Waals surface area contributed by atoms with Crippen molar-refractivity contribution in [2.24, 2.45) is 23.3 Å². The number of primary amides is 1. The minimum absolute atomic E-state index is 0.0892. The molecule has 1 aliphatic carbocycles. The highest BCUT2D eigenvalue weighted by Gasteiger charge is 2.30. The zero-order valence-electron chi connectivity index (χ0n) is 11.8. The minimum atomic E-state index is -0.556. The highest BCUT2D eigenvalue weighted by atomic mass is 35.5. The number of nitrogens with one attached hydrogen (secondary N) is 1. The van der Waals surface area contributed by atoms with Gasteiger partial charge in [0.05, 0.1) is 10.7 Å². The number of amides is 2. The summed E-state index contributed by atoms with van der Waals surface area (Å²) in [6.07, 6.45) is 3.96. The number of halogens is 1. The van der Waals surface area contributed by atoms with Crippen molar-refractivity contribution in [3.63, 3.8) is 0 Å². The topological polar surface area (TPSA) is 98.2 Å². The largest absolute Gasteiger partial charge is 0.366 e. The average Bonchev–Trinajstić information content (AvgIpc) is 2.49. The van der Waals surface area contributed by atoms with Gasteiger partial charge in [-0.1, -0.05) is 24.4 Å². The number of anilines is 1. The van der Waals surface area contributed by atoms with Crippen LogP contribution in [0.1, 0.15) is 36.0 Å². The second-order valence-electron chi connectivity index (χ2n) is 5.43. The zero-order valence-corrected chi connectivity index (χ0v) is 12.5. The Morgan fingerprint density at radius 3 is 2.67 bits per heavy atom. The summed E-state index contributed by atoms with van der Waals surface area (Å²) in [4.78, 5) is 23.6. The van der Waals surface area contributed by atoms with E-state index in [4.69, 9.17) is 23.1 Å². The molecule has 2 rings (SSSR count). The first kappa shape index (κ1) is 15.8. The molecule has 0 spiro atoms. The van der Waals surface area contributed by atoms with Gasteiger partial charge in [0.1, 0.15) is 0 Å². The molecule has 1 aromatic carbocycles. The van der Waals surface area contributed by atoms with Crippen LogP contribution in [0.5, 0.6) is 0 Å². The molecule has 1 fully saturated rings. The molecule has 5 nitrogen and oxygen atoms in total. The number of nitrogens with two attached hydrogens (primary N) is 2. The molecular weight excluding hydrogens is 290 g/mol. The quantitative estimate of drug-likeness (QED) is 0.794. The van der Waals surface area contributed by atoms with E-state index in [1.54, 1.807) is 6.07 Å². The third kappa shape index (κ3) is 3.74. The standard InChI is InChI=1S/C15H20ClN3O2/c16-12-6-5-9(14(18)20)7-13(12)19-15(21)11-4-2-1-3-10(11)8-17/h5-7,10-11H,1-4,8,17H2,(H2,18,20)(H,19,21). The number of hydrogen-bond donors (Lipinski definition) is 3. The van der Waals surface area contributed by atoms with E-state index in [1.165, 1.54) is 12.1 Å². The van der Waals surface area contributed by atoms with E-state index in [0.717, 1.165) is 25.7 Å². The smallest absolute Gasteiger partial charge is 0.248 e. The van der Waals surface area contributed by atoms with Gasteiger partial charge in [-0.05, 0) is 43.5 Å². The minimum Gasteiger partial charge on any atom is -0.366 e. The van der Waals surface area contributed by atoms with E-state index in [1.807, 2.05) is 0 Å². The third-order valence-corrected chi connectivity index (χ3v) is 4.39. The van der Waals surface area contributed by atoms with Crippen LogP contribution < -0.4 is 16.8 Å². The highest BCUT2D eigenvalue weighted by molar-refractivity contribution is 6.33. The summed E-state index contributed by atoms with van der Waals surface area (Å²) in [7, 11) is 0. The molecule has 0 saturated heterocycles. The number of carbonyl (C=O) groups is 2. The Labute approximate surface area is 129 Å². The number of benzene rings is 1. The summed E-state index contributed by atoms with van der Waals surface area (Å²) in [5, 5.41) is 3.19. The summed E-state index contributed by atoms with van der Waals surface area (Å²) < 4.78 is 0. The molecular formula is C15H20ClN3O2. The molecule has 1 aliphatic rings. The Morgan fingerprint density at radius 2 is 2.00 bits per heavy atom. The molecule has 5 N–H and O–H groups in total. The third-order valence-electron chi connectivity index (χ3n) is 4.06. The van der Waals surface area contributed by atoms with Gasteiger partial charge < -0.3 is 16.8 Å². The van der Waals surface area contributed by atoms with Crippen LogP contribution >= 0.6 is 11.6 Å². The van der Waals surface area contributed by atoms with Gasteiger partial charge in [0.15, 0.2) is 0 Å².